The summed E-state index contributed by atoms with van der Waals surface area (Å²) in [5, 5.41) is 8.79. The van der Waals surface area contributed by atoms with Crippen LogP contribution in [0.5, 0.6) is 0 Å². The average molecular weight is 224 g/mol. The van der Waals surface area contributed by atoms with Crippen LogP contribution in [-0.4, -0.2) is 21.0 Å². The summed E-state index contributed by atoms with van der Waals surface area (Å²) < 4.78 is 0. The van der Waals surface area contributed by atoms with E-state index < -0.39 is 11.9 Å². The number of H-pyrrole nitrogens is 1. The fraction of sp³-hybridized carbons (Fsp3) is 0.545. The predicted octanol–water partition coefficient (Wildman–Crippen LogP) is 1.26. The molecule has 5 nitrogen and oxygen atoms in total. The molecule has 2 N–H and O–H groups in total. The van der Waals surface area contributed by atoms with Crippen molar-refractivity contribution in [2.75, 3.05) is 0 Å². The number of aliphatic carboxylic acids is 1. The fourth-order valence-electron chi connectivity index (χ4n) is 1.28. The smallest absolute Gasteiger partial charge is 0.313 e. The van der Waals surface area contributed by atoms with Gasteiger partial charge in [0.05, 0.1) is 0 Å². The molecule has 16 heavy (non-hydrogen) atoms. The average Bonchev–Trinajstić information content (AvgIpc) is 2.14. The zero-order chi connectivity index (χ0) is 12.5. The van der Waals surface area contributed by atoms with Gasteiger partial charge in [-0.1, -0.05) is 20.8 Å². The minimum Gasteiger partial charge on any atom is -0.481 e. The van der Waals surface area contributed by atoms with E-state index in [0.29, 0.717) is 5.56 Å². The zero-order valence-corrected chi connectivity index (χ0v) is 9.87. The highest BCUT2D eigenvalue weighted by Crippen LogP contribution is 2.18. The first-order valence-corrected chi connectivity index (χ1v) is 5.06. The summed E-state index contributed by atoms with van der Waals surface area (Å²) in [4.78, 5) is 29.0. The molecule has 0 aliphatic carbocycles. The van der Waals surface area contributed by atoms with Crippen LogP contribution in [0.3, 0.4) is 0 Å². The molecular weight excluding hydrogens is 208 g/mol. The Kier molecular flexibility index (Phi) is 3.16. The van der Waals surface area contributed by atoms with Gasteiger partial charge in [0.2, 0.25) is 0 Å². The SMILES string of the molecule is CC(C(=O)O)c1ncc(C(C)(C)C)c(=O)[nH]1. The summed E-state index contributed by atoms with van der Waals surface area (Å²) in [6.07, 6.45) is 1.45. The van der Waals surface area contributed by atoms with Crippen LogP contribution in [0.15, 0.2) is 11.0 Å². The molecule has 1 atom stereocenters. The molecule has 0 bridgehead atoms. The molecule has 1 aromatic heterocycles. The largest absolute Gasteiger partial charge is 0.481 e. The Morgan fingerprint density at radius 1 is 1.50 bits per heavy atom. The van der Waals surface area contributed by atoms with Gasteiger partial charge in [-0.2, -0.15) is 0 Å². The van der Waals surface area contributed by atoms with E-state index in [1.54, 1.807) is 0 Å². The first kappa shape index (κ1) is 12.4. The van der Waals surface area contributed by atoms with Gasteiger partial charge in [-0.3, -0.25) is 9.59 Å². The molecule has 1 unspecified atom stereocenters. The van der Waals surface area contributed by atoms with Crippen molar-refractivity contribution in [2.24, 2.45) is 0 Å². The number of aromatic amines is 1. The number of carboxylic acids is 1. The van der Waals surface area contributed by atoms with Gasteiger partial charge in [0, 0.05) is 11.8 Å². The summed E-state index contributed by atoms with van der Waals surface area (Å²) in [5.74, 6) is -1.63. The quantitative estimate of drug-likeness (QED) is 0.792. The Labute approximate surface area is 93.5 Å². The van der Waals surface area contributed by atoms with E-state index in [-0.39, 0.29) is 16.8 Å². The monoisotopic (exact) mass is 224 g/mol. The third kappa shape index (κ3) is 2.48. The van der Waals surface area contributed by atoms with Gasteiger partial charge in [-0.25, -0.2) is 4.98 Å². The van der Waals surface area contributed by atoms with Crippen LogP contribution >= 0.6 is 0 Å². The number of aromatic nitrogens is 2. The van der Waals surface area contributed by atoms with E-state index in [1.807, 2.05) is 20.8 Å². The number of hydrogen-bond acceptors (Lipinski definition) is 3. The van der Waals surface area contributed by atoms with Gasteiger partial charge in [0.15, 0.2) is 0 Å². The lowest BCUT2D eigenvalue weighted by atomic mass is 9.89. The van der Waals surface area contributed by atoms with Gasteiger partial charge in [-0.05, 0) is 12.3 Å². The first-order valence-electron chi connectivity index (χ1n) is 5.06. The van der Waals surface area contributed by atoms with Gasteiger partial charge >= 0.3 is 5.97 Å². The number of nitrogens with zero attached hydrogens (tertiary/aromatic N) is 1. The predicted molar refractivity (Wildman–Crippen MR) is 59.6 cm³/mol. The molecule has 0 aliphatic rings. The number of carboxylic acid groups (broad SMARTS) is 1. The maximum absolute atomic E-state index is 11.7. The van der Waals surface area contributed by atoms with Crippen LogP contribution in [0.1, 0.15) is 45.0 Å². The lowest BCUT2D eigenvalue weighted by Gasteiger charge is -2.17. The lowest BCUT2D eigenvalue weighted by Crippen LogP contribution is -2.27. The molecule has 0 amide bonds. The van der Waals surface area contributed by atoms with E-state index in [1.165, 1.54) is 13.1 Å². The molecule has 5 heteroatoms. The Morgan fingerprint density at radius 3 is 2.44 bits per heavy atom. The van der Waals surface area contributed by atoms with Gasteiger partial charge in [0.25, 0.3) is 5.56 Å². The van der Waals surface area contributed by atoms with Crippen molar-refractivity contribution in [3.05, 3.63) is 27.9 Å². The van der Waals surface area contributed by atoms with Crippen LogP contribution in [0.2, 0.25) is 0 Å². The third-order valence-corrected chi connectivity index (χ3v) is 2.41. The zero-order valence-electron chi connectivity index (χ0n) is 9.87. The second-order valence-corrected chi connectivity index (χ2v) is 4.82. The molecule has 1 rings (SSSR count). The molecule has 0 fully saturated rings. The minimum absolute atomic E-state index is 0.186. The molecule has 1 heterocycles. The van der Waals surface area contributed by atoms with Gasteiger partial charge < -0.3 is 10.1 Å². The molecular formula is C11H16N2O3. The van der Waals surface area contributed by atoms with Crippen LogP contribution < -0.4 is 5.56 Å². The van der Waals surface area contributed by atoms with Crippen molar-refractivity contribution in [3.8, 4) is 0 Å². The lowest BCUT2D eigenvalue weighted by molar-refractivity contribution is -0.138. The molecule has 1 aromatic rings. The molecule has 88 valence electrons. The summed E-state index contributed by atoms with van der Waals surface area (Å²) in [6.45, 7) is 7.19. The summed E-state index contributed by atoms with van der Waals surface area (Å²) in [5.41, 5.74) is -0.0228. The van der Waals surface area contributed by atoms with Crippen molar-refractivity contribution in [2.45, 2.75) is 39.0 Å². The van der Waals surface area contributed by atoms with Crippen LogP contribution in [0, 0.1) is 0 Å². The summed E-state index contributed by atoms with van der Waals surface area (Å²) >= 11 is 0. The minimum atomic E-state index is -1.01. The van der Waals surface area contributed by atoms with Crippen molar-refractivity contribution in [1.82, 2.24) is 9.97 Å². The van der Waals surface area contributed by atoms with Crippen molar-refractivity contribution in [1.29, 1.82) is 0 Å². The van der Waals surface area contributed by atoms with E-state index in [2.05, 4.69) is 9.97 Å². The second-order valence-electron chi connectivity index (χ2n) is 4.82. The Morgan fingerprint density at radius 2 is 2.06 bits per heavy atom. The maximum atomic E-state index is 11.7. The number of nitrogens with one attached hydrogen (secondary N) is 1. The van der Waals surface area contributed by atoms with E-state index >= 15 is 0 Å². The number of hydrogen-bond donors (Lipinski definition) is 2. The fourth-order valence-corrected chi connectivity index (χ4v) is 1.28. The van der Waals surface area contributed by atoms with Crippen LogP contribution in [0.25, 0.3) is 0 Å². The number of rotatable bonds is 2. The van der Waals surface area contributed by atoms with Crippen molar-refractivity contribution < 1.29 is 9.90 Å². The topological polar surface area (TPSA) is 83.0 Å². The number of carbonyl (C=O) groups is 1. The molecule has 0 saturated heterocycles. The van der Waals surface area contributed by atoms with Gasteiger partial charge in [-0.15, -0.1) is 0 Å². The first-order chi connectivity index (χ1) is 7.23. The summed E-state index contributed by atoms with van der Waals surface area (Å²) in [6, 6.07) is 0. The third-order valence-electron chi connectivity index (χ3n) is 2.41. The molecule has 0 aromatic carbocycles. The highest BCUT2D eigenvalue weighted by Gasteiger charge is 2.21. The highest BCUT2D eigenvalue weighted by molar-refractivity contribution is 5.74. The Hall–Kier alpha value is -1.65. The Bertz CT molecular complexity index is 457. The van der Waals surface area contributed by atoms with E-state index in [9.17, 15) is 9.59 Å². The Balaban J connectivity index is 3.20. The van der Waals surface area contributed by atoms with Crippen molar-refractivity contribution in [3.63, 3.8) is 0 Å². The van der Waals surface area contributed by atoms with Crippen molar-refractivity contribution >= 4 is 5.97 Å². The molecule has 0 radical (unpaired) electrons. The van der Waals surface area contributed by atoms with E-state index in [4.69, 9.17) is 5.11 Å². The standard InChI is InChI=1S/C11H16N2O3/c1-6(10(15)16)8-12-5-7(9(14)13-8)11(2,3)4/h5-6H,1-4H3,(H,15,16)(H,12,13,14). The molecule has 0 aliphatic heterocycles. The van der Waals surface area contributed by atoms with E-state index in [0.717, 1.165) is 0 Å². The van der Waals surface area contributed by atoms with Crippen LogP contribution in [-0.2, 0) is 10.2 Å². The summed E-state index contributed by atoms with van der Waals surface area (Å²) in [7, 11) is 0. The highest BCUT2D eigenvalue weighted by atomic mass is 16.4. The normalized spacial score (nSPS) is 13.5. The van der Waals surface area contributed by atoms with Gasteiger partial charge in [0.1, 0.15) is 11.7 Å². The second kappa shape index (κ2) is 4.08. The molecule has 0 saturated carbocycles. The maximum Gasteiger partial charge on any atom is 0.313 e. The molecule has 0 spiro atoms. The van der Waals surface area contributed by atoms with Crippen LogP contribution in [0.4, 0.5) is 0 Å².